The predicted octanol–water partition coefficient (Wildman–Crippen LogP) is 0.403. The second kappa shape index (κ2) is 5.65. The number of carbonyl (C=O) groups is 1. The normalized spacial score (nSPS) is 10.5. The van der Waals surface area contributed by atoms with Gasteiger partial charge in [-0.2, -0.15) is 5.10 Å². The Morgan fingerprint density at radius 1 is 1.62 bits per heavy atom. The number of hydrogen-bond acceptors (Lipinski definition) is 3. The Morgan fingerprint density at radius 2 is 2.31 bits per heavy atom. The Labute approximate surface area is 96.2 Å². The molecule has 16 heavy (non-hydrogen) atoms. The van der Waals surface area contributed by atoms with Gasteiger partial charge in [0.2, 0.25) is 0 Å². The number of aromatic nitrogens is 2. The van der Waals surface area contributed by atoms with Gasteiger partial charge in [-0.05, 0) is 25.5 Å². The monoisotopic (exact) mass is 224 g/mol. The number of rotatable bonds is 5. The maximum absolute atomic E-state index is 12.0. The first kappa shape index (κ1) is 12.7. The van der Waals surface area contributed by atoms with E-state index in [1.165, 1.54) is 0 Å². The summed E-state index contributed by atoms with van der Waals surface area (Å²) in [6, 6.07) is 1.85. The molecule has 0 saturated heterocycles. The lowest BCUT2D eigenvalue weighted by Crippen LogP contribution is -2.30. The van der Waals surface area contributed by atoms with Crippen LogP contribution in [0.4, 0.5) is 0 Å². The molecule has 0 bridgehead atoms. The fraction of sp³-hybridized carbons (Fsp3) is 0.636. The van der Waals surface area contributed by atoms with Gasteiger partial charge in [-0.25, -0.2) is 0 Å². The van der Waals surface area contributed by atoms with Crippen LogP contribution in [-0.4, -0.2) is 40.7 Å². The molecule has 1 amide bonds. The van der Waals surface area contributed by atoms with Gasteiger partial charge in [0, 0.05) is 20.6 Å². The van der Waals surface area contributed by atoms with Crippen LogP contribution >= 0.6 is 0 Å². The molecule has 5 heteroatoms. The van der Waals surface area contributed by atoms with Gasteiger partial charge in [0.1, 0.15) is 5.69 Å². The Balaban J connectivity index is 2.75. The third kappa shape index (κ3) is 2.82. The van der Waals surface area contributed by atoms with E-state index in [4.69, 9.17) is 5.73 Å². The number of amides is 1. The first-order chi connectivity index (χ1) is 7.60. The lowest BCUT2D eigenvalue weighted by Gasteiger charge is -2.16. The maximum Gasteiger partial charge on any atom is 0.271 e. The zero-order valence-corrected chi connectivity index (χ0v) is 10.2. The van der Waals surface area contributed by atoms with E-state index in [1.807, 2.05) is 13.0 Å². The standard InChI is InChI=1S/C11H20N4O/c1-4-9-8-10(15(3)13-9)11(16)14(2)7-5-6-12/h8H,4-7,12H2,1-3H3. The van der Waals surface area contributed by atoms with Gasteiger partial charge in [-0.1, -0.05) is 6.92 Å². The maximum atomic E-state index is 12.0. The van der Waals surface area contributed by atoms with Crippen molar-refractivity contribution in [1.82, 2.24) is 14.7 Å². The lowest BCUT2D eigenvalue weighted by atomic mass is 10.3. The van der Waals surface area contributed by atoms with E-state index in [9.17, 15) is 4.79 Å². The Bertz CT molecular complexity index is 359. The van der Waals surface area contributed by atoms with Crippen molar-refractivity contribution in [3.63, 3.8) is 0 Å². The summed E-state index contributed by atoms with van der Waals surface area (Å²) in [4.78, 5) is 13.7. The number of hydrogen-bond donors (Lipinski definition) is 1. The smallest absolute Gasteiger partial charge is 0.271 e. The van der Waals surface area contributed by atoms with Crippen LogP contribution in [0, 0.1) is 0 Å². The highest BCUT2D eigenvalue weighted by Gasteiger charge is 2.16. The van der Waals surface area contributed by atoms with Crippen LogP contribution in [0.2, 0.25) is 0 Å². The summed E-state index contributed by atoms with van der Waals surface area (Å²) in [6.45, 7) is 3.31. The molecule has 1 aromatic rings. The van der Waals surface area contributed by atoms with Crippen LogP contribution in [0.15, 0.2) is 6.07 Å². The molecule has 2 N–H and O–H groups in total. The van der Waals surface area contributed by atoms with Crippen molar-refractivity contribution in [1.29, 1.82) is 0 Å². The highest BCUT2D eigenvalue weighted by atomic mass is 16.2. The highest BCUT2D eigenvalue weighted by molar-refractivity contribution is 5.92. The van der Waals surface area contributed by atoms with Crippen molar-refractivity contribution in [3.05, 3.63) is 17.5 Å². The van der Waals surface area contributed by atoms with Gasteiger partial charge in [0.15, 0.2) is 0 Å². The van der Waals surface area contributed by atoms with Crippen molar-refractivity contribution in [3.8, 4) is 0 Å². The van der Waals surface area contributed by atoms with Crippen LogP contribution in [0.5, 0.6) is 0 Å². The molecule has 0 fully saturated rings. The Hall–Kier alpha value is -1.36. The molecule has 0 saturated carbocycles. The average Bonchev–Trinajstić information content (AvgIpc) is 2.66. The average molecular weight is 224 g/mol. The number of nitrogens with zero attached hydrogens (tertiary/aromatic N) is 3. The first-order valence-electron chi connectivity index (χ1n) is 5.58. The zero-order chi connectivity index (χ0) is 12.1. The molecule has 0 aliphatic rings. The van der Waals surface area contributed by atoms with E-state index < -0.39 is 0 Å². The summed E-state index contributed by atoms with van der Waals surface area (Å²) in [6.07, 6.45) is 1.66. The molecule has 0 radical (unpaired) electrons. The molecule has 1 aromatic heterocycles. The van der Waals surface area contributed by atoms with E-state index in [1.54, 1.807) is 23.7 Å². The Kier molecular flexibility index (Phi) is 4.49. The SMILES string of the molecule is CCc1cc(C(=O)N(C)CCCN)n(C)n1. The van der Waals surface area contributed by atoms with Crippen molar-refractivity contribution in [2.24, 2.45) is 12.8 Å². The summed E-state index contributed by atoms with van der Waals surface area (Å²) in [7, 11) is 3.58. The first-order valence-corrected chi connectivity index (χ1v) is 5.58. The molecule has 5 nitrogen and oxygen atoms in total. The van der Waals surface area contributed by atoms with Crippen LogP contribution < -0.4 is 5.73 Å². The quantitative estimate of drug-likeness (QED) is 0.787. The van der Waals surface area contributed by atoms with Gasteiger partial charge in [0.05, 0.1) is 5.69 Å². The minimum Gasteiger partial charge on any atom is -0.340 e. The zero-order valence-electron chi connectivity index (χ0n) is 10.2. The van der Waals surface area contributed by atoms with Gasteiger partial charge in [0.25, 0.3) is 5.91 Å². The molecular weight excluding hydrogens is 204 g/mol. The van der Waals surface area contributed by atoms with Crippen LogP contribution in [0.1, 0.15) is 29.5 Å². The minimum absolute atomic E-state index is 0.00292. The van der Waals surface area contributed by atoms with Crippen LogP contribution in [0.3, 0.4) is 0 Å². The van der Waals surface area contributed by atoms with E-state index in [0.29, 0.717) is 18.8 Å². The summed E-state index contributed by atoms with van der Waals surface area (Å²) in [5.74, 6) is 0.00292. The van der Waals surface area contributed by atoms with E-state index in [2.05, 4.69) is 5.10 Å². The molecule has 0 spiro atoms. The van der Waals surface area contributed by atoms with Gasteiger partial charge in [-0.15, -0.1) is 0 Å². The molecule has 0 aliphatic carbocycles. The van der Waals surface area contributed by atoms with Gasteiger partial charge in [-0.3, -0.25) is 9.48 Å². The molecule has 0 atom stereocenters. The second-order valence-corrected chi connectivity index (χ2v) is 3.87. The summed E-state index contributed by atoms with van der Waals surface area (Å²) < 4.78 is 1.64. The fourth-order valence-corrected chi connectivity index (χ4v) is 1.53. The van der Waals surface area contributed by atoms with Gasteiger partial charge >= 0.3 is 0 Å². The summed E-state index contributed by atoms with van der Waals surface area (Å²) in [5.41, 5.74) is 6.99. The summed E-state index contributed by atoms with van der Waals surface area (Å²) in [5, 5.41) is 4.26. The molecule has 1 heterocycles. The van der Waals surface area contributed by atoms with Crippen molar-refractivity contribution in [2.45, 2.75) is 19.8 Å². The minimum atomic E-state index is 0.00292. The Morgan fingerprint density at radius 3 is 2.81 bits per heavy atom. The number of aryl methyl sites for hydroxylation is 2. The second-order valence-electron chi connectivity index (χ2n) is 3.87. The molecule has 1 rings (SSSR count). The van der Waals surface area contributed by atoms with Crippen molar-refractivity contribution < 1.29 is 4.79 Å². The van der Waals surface area contributed by atoms with Gasteiger partial charge < -0.3 is 10.6 Å². The molecular formula is C11H20N4O. The lowest BCUT2D eigenvalue weighted by molar-refractivity contribution is 0.0783. The molecule has 0 aromatic carbocycles. The fourth-order valence-electron chi connectivity index (χ4n) is 1.53. The number of nitrogens with two attached hydrogens (primary N) is 1. The van der Waals surface area contributed by atoms with E-state index >= 15 is 0 Å². The third-order valence-electron chi connectivity index (χ3n) is 2.56. The topological polar surface area (TPSA) is 64.2 Å². The molecule has 90 valence electrons. The third-order valence-corrected chi connectivity index (χ3v) is 2.56. The van der Waals surface area contributed by atoms with Crippen molar-refractivity contribution in [2.75, 3.05) is 20.1 Å². The predicted molar refractivity (Wildman–Crippen MR) is 63.2 cm³/mol. The number of carbonyl (C=O) groups excluding carboxylic acids is 1. The molecule has 0 unspecified atom stereocenters. The largest absolute Gasteiger partial charge is 0.340 e. The van der Waals surface area contributed by atoms with E-state index in [0.717, 1.165) is 18.5 Å². The molecule has 0 aliphatic heterocycles. The summed E-state index contributed by atoms with van der Waals surface area (Å²) >= 11 is 0. The highest BCUT2D eigenvalue weighted by Crippen LogP contribution is 2.07. The van der Waals surface area contributed by atoms with Crippen LogP contribution in [0.25, 0.3) is 0 Å². The van der Waals surface area contributed by atoms with Crippen LogP contribution in [-0.2, 0) is 13.5 Å². The van der Waals surface area contributed by atoms with E-state index in [-0.39, 0.29) is 5.91 Å². The van der Waals surface area contributed by atoms with Crippen molar-refractivity contribution >= 4 is 5.91 Å².